The summed E-state index contributed by atoms with van der Waals surface area (Å²) in [5, 5.41) is 0.212. The average Bonchev–Trinajstić information content (AvgIpc) is 3.40. The van der Waals surface area contributed by atoms with Crippen molar-refractivity contribution in [3.63, 3.8) is 0 Å². The highest BCUT2D eigenvalue weighted by Crippen LogP contribution is 2.32. The quantitative estimate of drug-likeness (QED) is 0.257. The van der Waals surface area contributed by atoms with Crippen LogP contribution >= 0.6 is 11.6 Å². The Morgan fingerprint density at radius 3 is 2.32 bits per heavy atom. The van der Waals surface area contributed by atoms with Crippen molar-refractivity contribution in [2.24, 2.45) is 0 Å². The van der Waals surface area contributed by atoms with Gasteiger partial charge in [0.2, 0.25) is 11.2 Å². The van der Waals surface area contributed by atoms with Gasteiger partial charge in [-0.1, -0.05) is 42.5 Å². The van der Waals surface area contributed by atoms with E-state index in [0.29, 0.717) is 17.6 Å². The zero-order chi connectivity index (χ0) is 30.2. The van der Waals surface area contributed by atoms with Crippen LogP contribution in [0.3, 0.4) is 0 Å². The molecule has 0 spiro atoms. The molecule has 6 aromatic rings. The Morgan fingerprint density at radius 2 is 1.59 bits per heavy atom. The summed E-state index contributed by atoms with van der Waals surface area (Å²) in [7, 11) is 0. The van der Waals surface area contributed by atoms with Gasteiger partial charge in [0.15, 0.2) is 11.5 Å². The van der Waals surface area contributed by atoms with Crippen LogP contribution in [0.4, 0.5) is 11.8 Å². The van der Waals surface area contributed by atoms with Gasteiger partial charge in [0.05, 0.1) is 11.3 Å². The molecule has 0 bridgehead atoms. The molecule has 1 fully saturated rings. The Hall–Kier alpha value is -4.93. The second kappa shape index (κ2) is 11.6. The predicted octanol–water partition coefficient (Wildman–Crippen LogP) is 5.67. The molecule has 220 valence electrons. The Labute approximate surface area is 260 Å². The highest BCUT2D eigenvalue weighted by Gasteiger charge is 2.31. The number of rotatable bonds is 6. The molecule has 2 N–H and O–H groups in total. The second-order valence-corrected chi connectivity index (χ2v) is 11.5. The van der Waals surface area contributed by atoms with Gasteiger partial charge in [-0.2, -0.15) is 4.98 Å². The molecule has 0 radical (unpaired) electrons. The number of piperazine rings is 1. The highest BCUT2D eigenvalue weighted by molar-refractivity contribution is 6.28. The third kappa shape index (κ3) is 5.34. The van der Waals surface area contributed by atoms with Gasteiger partial charge in [-0.25, -0.2) is 24.9 Å². The number of anilines is 2. The Kier molecular flexibility index (Phi) is 7.37. The number of hydrogen-bond acceptors (Lipinski definition) is 9. The van der Waals surface area contributed by atoms with Gasteiger partial charge in [0, 0.05) is 49.2 Å². The maximum Gasteiger partial charge on any atom is 0.230 e. The van der Waals surface area contributed by atoms with Crippen LogP contribution < -0.4 is 10.6 Å². The molecule has 0 aliphatic carbocycles. The maximum absolute atomic E-state index is 6.34. The lowest BCUT2D eigenvalue weighted by molar-refractivity contribution is 0.191. The Bertz CT molecular complexity index is 1910. The number of pyridine rings is 2. The van der Waals surface area contributed by atoms with Gasteiger partial charge >= 0.3 is 0 Å². The molecular formula is C33H31ClN10. The molecule has 10 nitrogen and oxygen atoms in total. The number of imidazole rings is 1. The van der Waals surface area contributed by atoms with Crippen molar-refractivity contribution in [1.82, 2.24) is 39.4 Å². The first-order chi connectivity index (χ1) is 21.4. The van der Waals surface area contributed by atoms with Crippen LogP contribution in [0.2, 0.25) is 5.28 Å². The molecule has 0 unspecified atom stereocenters. The zero-order valence-corrected chi connectivity index (χ0v) is 25.2. The maximum atomic E-state index is 6.34. The molecule has 2 atom stereocenters. The van der Waals surface area contributed by atoms with E-state index in [0.717, 1.165) is 53.3 Å². The van der Waals surface area contributed by atoms with Crippen molar-refractivity contribution < 1.29 is 0 Å². The highest BCUT2D eigenvalue weighted by atomic mass is 35.5. The predicted molar refractivity (Wildman–Crippen MR) is 173 cm³/mol. The minimum atomic E-state index is 0.212. The van der Waals surface area contributed by atoms with Crippen LogP contribution in [0.1, 0.15) is 19.4 Å². The lowest BCUT2D eigenvalue weighted by Crippen LogP contribution is -2.57. The van der Waals surface area contributed by atoms with Gasteiger partial charge in [0.25, 0.3) is 0 Å². The van der Waals surface area contributed by atoms with E-state index in [9.17, 15) is 0 Å². The van der Waals surface area contributed by atoms with Gasteiger partial charge in [-0.3, -0.25) is 9.47 Å². The fourth-order valence-corrected chi connectivity index (χ4v) is 6.24. The van der Waals surface area contributed by atoms with Gasteiger partial charge in [-0.05, 0) is 67.4 Å². The summed E-state index contributed by atoms with van der Waals surface area (Å²) in [6.45, 7) is 6.95. The fraction of sp³-hybridized carbons (Fsp3) is 0.212. The van der Waals surface area contributed by atoms with Crippen LogP contribution in [-0.4, -0.2) is 64.5 Å². The molecule has 0 amide bonds. The summed E-state index contributed by atoms with van der Waals surface area (Å²) in [5.41, 5.74) is 12.7. The normalized spacial score (nSPS) is 17.3. The van der Waals surface area contributed by atoms with E-state index in [2.05, 4.69) is 84.5 Å². The Balaban J connectivity index is 1.20. The first-order valence-corrected chi connectivity index (χ1v) is 14.9. The summed E-state index contributed by atoms with van der Waals surface area (Å²) >= 11 is 6.05. The van der Waals surface area contributed by atoms with E-state index in [1.165, 1.54) is 11.9 Å². The molecule has 2 aromatic carbocycles. The van der Waals surface area contributed by atoms with Crippen LogP contribution in [0.25, 0.3) is 39.5 Å². The average molecular weight is 603 g/mol. The molecule has 44 heavy (non-hydrogen) atoms. The number of halogens is 1. The third-order valence-electron chi connectivity index (χ3n) is 8.01. The zero-order valence-electron chi connectivity index (χ0n) is 24.4. The molecule has 4 aromatic heterocycles. The topological polar surface area (TPSA) is 115 Å². The van der Waals surface area contributed by atoms with Crippen molar-refractivity contribution in [1.29, 1.82) is 0 Å². The number of benzene rings is 2. The smallest absolute Gasteiger partial charge is 0.230 e. The number of aromatic nitrogens is 7. The van der Waals surface area contributed by atoms with Crippen molar-refractivity contribution in [2.45, 2.75) is 32.5 Å². The number of nitrogens with two attached hydrogens (primary N) is 1. The van der Waals surface area contributed by atoms with Crippen molar-refractivity contribution in [3.05, 3.63) is 102 Å². The molecular weight excluding hydrogens is 572 g/mol. The van der Waals surface area contributed by atoms with Crippen LogP contribution in [0, 0.1) is 0 Å². The lowest BCUT2D eigenvalue weighted by atomic mass is 10.1. The third-order valence-corrected chi connectivity index (χ3v) is 8.19. The van der Waals surface area contributed by atoms with Crippen molar-refractivity contribution >= 4 is 34.5 Å². The molecule has 11 heteroatoms. The molecule has 1 saturated heterocycles. The lowest BCUT2D eigenvalue weighted by Gasteiger charge is -2.44. The number of nitrogens with zero attached hydrogens (tertiary/aromatic N) is 9. The van der Waals surface area contributed by atoms with Gasteiger partial charge < -0.3 is 10.6 Å². The molecule has 1 aliphatic rings. The fourth-order valence-electron chi connectivity index (χ4n) is 6.12. The molecule has 0 saturated carbocycles. The summed E-state index contributed by atoms with van der Waals surface area (Å²) in [4.78, 5) is 31.7. The van der Waals surface area contributed by atoms with E-state index in [-0.39, 0.29) is 17.4 Å². The van der Waals surface area contributed by atoms with Gasteiger partial charge in [-0.15, -0.1) is 0 Å². The second-order valence-electron chi connectivity index (χ2n) is 11.1. The van der Waals surface area contributed by atoms with Crippen molar-refractivity contribution in [3.8, 4) is 28.3 Å². The standard InChI is InChI=1S/C33H31ClN10/c1-21-17-42(18-22(2)43(21)33-38-20-37-32(34)41-33)19-23-10-12-25(13-11-23)44-30(26-9-6-16-36-29(26)35)40-28-15-14-27(39-31(28)44)24-7-4-3-5-8-24/h3-16,20-22H,17-19H2,1-2H3,(H2,35,36)/t21-,22-/m0/s1. The SMILES string of the molecule is C[C@H]1CN(Cc2ccc(-n3c(-c4cccnc4N)nc4ccc(-c5ccccc5)nc43)cc2)C[C@H](C)N1c1ncnc(Cl)n1. The van der Waals surface area contributed by atoms with Gasteiger partial charge in [0.1, 0.15) is 17.7 Å². The van der Waals surface area contributed by atoms with E-state index < -0.39 is 0 Å². The number of nitrogen functional groups attached to an aromatic ring is 1. The Morgan fingerprint density at radius 1 is 0.818 bits per heavy atom. The largest absolute Gasteiger partial charge is 0.383 e. The molecule has 1 aliphatic heterocycles. The van der Waals surface area contributed by atoms with E-state index in [4.69, 9.17) is 27.3 Å². The molecule has 5 heterocycles. The van der Waals surface area contributed by atoms with E-state index in [1.807, 2.05) is 42.5 Å². The van der Waals surface area contributed by atoms with E-state index in [1.54, 1.807) is 6.20 Å². The number of hydrogen-bond donors (Lipinski definition) is 1. The van der Waals surface area contributed by atoms with Crippen LogP contribution in [0.5, 0.6) is 0 Å². The molecule has 7 rings (SSSR count). The first-order valence-electron chi connectivity index (χ1n) is 14.5. The van der Waals surface area contributed by atoms with Crippen molar-refractivity contribution in [2.75, 3.05) is 23.7 Å². The first kappa shape index (κ1) is 27.9. The summed E-state index contributed by atoms with van der Waals surface area (Å²) in [5.74, 6) is 1.75. The number of fused-ring (bicyclic) bond motifs is 1. The minimum absolute atomic E-state index is 0.212. The van der Waals surface area contributed by atoms with Crippen LogP contribution in [-0.2, 0) is 6.54 Å². The summed E-state index contributed by atoms with van der Waals surface area (Å²) < 4.78 is 2.07. The van der Waals surface area contributed by atoms with Crippen LogP contribution in [0.15, 0.2) is 91.4 Å². The monoisotopic (exact) mass is 602 g/mol. The minimum Gasteiger partial charge on any atom is -0.383 e. The summed E-state index contributed by atoms with van der Waals surface area (Å²) in [6, 6.07) is 27.0. The van der Waals surface area contributed by atoms with E-state index >= 15 is 0 Å². The summed E-state index contributed by atoms with van der Waals surface area (Å²) in [6.07, 6.45) is 3.15.